The van der Waals surface area contributed by atoms with Gasteiger partial charge >= 0.3 is 5.51 Å². The third-order valence-electron chi connectivity index (χ3n) is 4.02. The van der Waals surface area contributed by atoms with Gasteiger partial charge in [0.05, 0.1) is 0 Å². The summed E-state index contributed by atoms with van der Waals surface area (Å²) in [6, 6.07) is 8.71. The van der Waals surface area contributed by atoms with Crippen molar-refractivity contribution in [1.82, 2.24) is 0 Å². The van der Waals surface area contributed by atoms with E-state index in [-0.39, 0.29) is 0 Å². The van der Waals surface area contributed by atoms with E-state index in [4.69, 9.17) is 13.0 Å². The maximum Gasteiger partial charge on any atom is 0.485 e. The molecule has 0 atom stereocenters. The van der Waals surface area contributed by atoms with E-state index in [1.807, 2.05) is 11.3 Å². The number of aromatic nitrogens is 1. The van der Waals surface area contributed by atoms with E-state index in [0.717, 1.165) is 0 Å². The second kappa shape index (κ2) is 11.6. The number of benzene rings is 1. The number of aryl methyl sites for hydroxylation is 1. The summed E-state index contributed by atoms with van der Waals surface area (Å²) in [6.45, 7) is 3.46. The fraction of sp³-hybridized carbons (Fsp3) is 0.611. The van der Waals surface area contributed by atoms with Crippen molar-refractivity contribution in [3.8, 4) is 0 Å². The number of unbranched alkanes of at least 4 members (excludes halogenated alkanes) is 7. The number of nitrogens with zero attached hydrogens (tertiary/aromatic N) is 1. The molecule has 154 valence electrons. The molecule has 0 N–H and O–H groups in total. The minimum atomic E-state index is -6.09. The summed E-state index contributed by atoms with van der Waals surface area (Å²) in [5.41, 5.74) is -1.98. The van der Waals surface area contributed by atoms with Crippen molar-refractivity contribution in [3.63, 3.8) is 0 Å². The van der Waals surface area contributed by atoms with Gasteiger partial charge in [0.2, 0.25) is 11.0 Å². The van der Waals surface area contributed by atoms with E-state index < -0.39 is 15.6 Å². The smallest absolute Gasteiger partial charge is 0.485 e. The molecule has 27 heavy (non-hydrogen) atoms. The molecule has 0 saturated carbocycles. The highest BCUT2D eigenvalue weighted by atomic mass is 32.2. The number of hydrogen-bond acceptors (Lipinski definition) is 4. The van der Waals surface area contributed by atoms with Crippen molar-refractivity contribution in [2.75, 3.05) is 0 Å². The zero-order valence-electron chi connectivity index (χ0n) is 15.4. The number of hydrogen-bond donors (Lipinski definition) is 0. The molecule has 0 bridgehead atoms. The molecule has 0 fully saturated rings. The van der Waals surface area contributed by atoms with Gasteiger partial charge in [-0.2, -0.15) is 17.7 Å². The summed E-state index contributed by atoms with van der Waals surface area (Å²) in [5.74, 6) is 0. The second-order valence-electron chi connectivity index (χ2n) is 6.26. The molecule has 2 aromatic rings. The Hall–Kier alpha value is -1.19. The monoisotopic (exact) mass is 425 g/mol. The minimum Gasteiger partial charge on any atom is -0.741 e. The van der Waals surface area contributed by atoms with E-state index >= 15 is 0 Å². The lowest BCUT2D eigenvalue weighted by molar-refractivity contribution is -0.667. The standard InChI is InChI=1S/C17H26NS.CHF3O3S/c1-2-3-4-5-6-7-8-11-14-18-15-19-17-13-10-9-12-16(17)18;2-1(3,4)8(5,6)7/h9-10,12-13,15H,2-8,11,14H2,1H3;(H,5,6,7)/q+1;/p-1. The van der Waals surface area contributed by atoms with Crippen LogP contribution in [-0.2, 0) is 16.7 Å². The van der Waals surface area contributed by atoms with Gasteiger partial charge in [-0.15, -0.1) is 0 Å². The molecule has 0 aliphatic rings. The van der Waals surface area contributed by atoms with Gasteiger partial charge in [0.25, 0.3) is 0 Å². The van der Waals surface area contributed by atoms with Crippen LogP contribution in [0.25, 0.3) is 10.2 Å². The van der Waals surface area contributed by atoms with E-state index in [1.165, 1.54) is 68.1 Å². The predicted octanol–water partition coefficient (Wildman–Crippen LogP) is 5.38. The first kappa shape index (κ1) is 23.8. The Morgan fingerprint density at radius 3 is 2.07 bits per heavy atom. The molecular formula is C18H26F3NO3S2. The third kappa shape index (κ3) is 9.03. The van der Waals surface area contributed by atoms with E-state index in [9.17, 15) is 13.2 Å². The van der Waals surface area contributed by atoms with Crippen LogP contribution in [0, 0.1) is 0 Å². The lowest BCUT2D eigenvalue weighted by atomic mass is 10.1. The van der Waals surface area contributed by atoms with Gasteiger partial charge in [0, 0.05) is 12.5 Å². The van der Waals surface area contributed by atoms with Crippen LogP contribution in [0.2, 0.25) is 0 Å². The summed E-state index contributed by atoms with van der Waals surface area (Å²) in [4.78, 5) is 0. The van der Waals surface area contributed by atoms with Crippen LogP contribution < -0.4 is 4.57 Å². The molecular weight excluding hydrogens is 399 g/mol. The first-order chi connectivity index (χ1) is 12.7. The first-order valence-electron chi connectivity index (χ1n) is 9.04. The number of halogens is 3. The Kier molecular flexibility index (Phi) is 10.3. The molecule has 0 aliphatic carbocycles. The predicted molar refractivity (Wildman–Crippen MR) is 100 cm³/mol. The summed E-state index contributed by atoms with van der Waals surface area (Å²) < 4.78 is 62.7. The van der Waals surface area contributed by atoms with Crippen LogP contribution in [-0.4, -0.2) is 18.5 Å². The van der Waals surface area contributed by atoms with E-state index in [2.05, 4.69) is 41.3 Å². The first-order valence-corrected chi connectivity index (χ1v) is 11.3. The van der Waals surface area contributed by atoms with Gasteiger partial charge in [-0.1, -0.05) is 68.9 Å². The third-order valence-corrected chi connectivity index (χ3v) is 5.54. The van der Waals surface area contributed by atoms with E-state index in [1.54, 1.807) is 0 Å². The highest BCUT2D eigenvalue weighted by Crippen LogP contribution is 2.20. The number of fused-ring (bicyclic) bond motifs is 1. The number of thiazole rings is 1. The zero-order chi connectivity index (χ0) is 20.3. The minimum absolute atomic E-state index is 1.18. The molecule has 1 aromatic carbocycles. The molecule has 4 nitrogen and oxygen atoms in total. The molecule has 0 saturated heterocycles. The summed E-state index contributed by atoms with van der Waals surface area (Å²) >= 11 is 1.85. The Labute approximate surface area is 162 Å². The maximum atomic E-state index is 10.7. The van der Waals surface area contributed by atoms with Crippen LogP contribution in [0.4, 0.5) is 13.2 Å². The SMILES string of the molecule is CCCCCCCCCC[n+]1csc2ccccc21.O=S(=O)([O-])C(F)(F)F. The quantitative estimate of drug-likeness (QED) is 0.234. The van der Waals surface area contributed by atoms with Crippen molar-refractivity contribution in [2.45, 2.75) is 70.3 Å². The molecule has 0 unspecified atom stereocenters. The second-order valence-corrected chi connectivity index (χ2v) is 8.52. The van der Waals surface area contributed by atoms with Crippen molar-refractivity contribution in [2.24, 2.45) is 0 Å². The average Bonchev–Trinajstić information content (AvgIpc) is 2.99. The van der Waals surface area contributed by atoms with Crippen LogP contribution >= 0.6 is 11.3 Å². The van der Waals surface area contributed by atoms with Crippen molar-refractivity contribution < 1.29 is 30.7 Å². The van der Waals surface area contributed by atoms with Crippen LogP contribution in [0.1, 0.15) is 58.3 Å². The lowest BCUT2D eigenvalue weighted by Gasteiger charge is -2.08. The fourth-order valence-corrected chi connectivity index (χ4v) is 3.48. The van der Waals surface area contributed by atoms with Gasteiger partial charge in [-0.05, 0) is 12.5 Å². The Balaban J connectivity index is 0.000000387. The molecule has 0 radical (unpaired) electrons. The summed E-state index contributed by atoms with van der Waals surface area (Å²) in [7, 11) is -6.09. The van der Waals surface area contributed by atoms with Gasteiger partial charge in [-0.3, -0.25) is 0 Å². The summed E-state index contributed by atoms with van der Waals surface area (Å²) in [5, 5.41) is 0. The Bertz CT molecular complexity index is 773. The van der Waals surface area contributed by atoms with Crippen molar-refractivity contribution in [3.05, 3.63) is 29.8 Å². The van der Waals surface area contributed by atoms with Crippen molar-refractivity contribution in [1.29, 1.82) is 0 Å². The fourth-order valence-electron chi connectivity index (χ4n) is 2.56. The van der Waals surface area contributed by atoms with Gasteiger partial charge < -0.3 is 4.55 Å². The molecule has 9 heteroatoms. The van der Waals surface area contributed by atoms with Gasteiger partial charge in [-0.25, -0.2) is 8.42 Å². The number of alkyl halides is 3. The lowest BCUT2D eigenvalue weighted by Crippen LogP contribution is -2.31. The van der Waals surface area contributed by atoms with E-state index in [0.29, 0.717) is 0 Å². The highest BCUT2D eigenvalue weighted by molar-refractivity contribution is 7.86. The highest BCUT2D eigenvalue weighted by Gasteiger charge is 2.36. The average molecular weight is 426 g/mol. The molecule has 1 aromatic heterocycles. The van der Waals surface area contributed by atoms with Gasteiger partial charge in [0.1, 0.15) is 11.2 Å². The number of para-hydroxylation sites is 1. The largest absolute Gasteiger partial charge is 0.741 e. The molecule has 0 amide bonds. The van der Waals surface area contributed by atoms with Crippen LogP contribution in [0.5, 0.6) is 0 Å². The molecule has 0 spiro atoms. The Morgan fingerprint density at radius 1 is 1.00 bits per heavy atom. The zero-order valence-corrected chi connectivity index (χ0v) is 17.0. The molecule has 0 aliphatic heterocycles. The molecule has 1 heterocycles. The van der Waals surface area contributed by atoms with Gasteiger partial charge in [0.15, 0.2) is 10.1 Å². The normalized spacial score (nSPS) is 12.0. The number of rotatable bonds is 9. The molecule has 2 rings (SSSR count). The topological polar surface area (TPSA) is 61.1 Å². The van der Waals surface area contributed by atoms with Crippen LogP contribution in [0.15, 0.2) is 29.8 Å². The summed E-state index contributed by atoms with van der Waals surface area (Å²) in [6.07, 6.45) is 11.2. The maximum absolute atomic E-state index is 10.7. The van der Waals surface area contributed by atoms with Crippen molar-refractivity contribution >= 4 is 31.7 Å². The van der Waals surface area contributed by atoms with Crippen LogP contribution in [0.3, 0.4) is 0 Å². The Morgan fingerprint density at radius 2 is 1.52 bits per heavy atom.